The highest BCUT2D eigenvalue weighted by molar-refractivity contribution is 7.08. The van der Waals surface area contributed by atoms with Gasteiger partial charge in [-0.15, -0.1) is 0 Å². The fraction of sp³-hybridized carbons (Fsp3) is 0.231. The molecule has 0 aliphatic carbocycles. The average Bonchev–Trinajstić information content (AvgIpc) is 3.68. The Hall–Kier alpha value is -4.25. The van der Waals surface area contributed by atoms with Crippen molar-refractivity contribution >= 4 is 34.5 Å². The molecule has 0 radical (unpaired) electrons. The molecule has 4 aromatic rings. The van der Waals surface area contributed by atoms with E-state index in [1.54, 1.807) is 52.6 Å². The molecule has 0 spiro atoms. The molecule has 0 unspecified atom stereocenters. The first kappa shape index (κ1) is 24.4. The number of nitrogens with zero attached hydrogens (tertiary/aromatic N) is 5. The number of amides is 2. The second-order valence-corrected chi connectivity index (χ2v) is 9.49. The number of nitrogens with one attached hydrogen (secondary N) is 1. The highest BCUT2D eigenvalue weighted by Gasteiger charge is 2.41. The number of benzene rings is 2. The molecular weight excluding hydrogens is 495 g/mol. The van der Waals surface area contributed by atoms with E-state index in [4.69, 9.17) is 4.74 Å². The standard InChI is InChI=1S/C26H25FN6O3S/c1-31(20-10-11-37-15-20)21-12-24(33(13-21)25(34)14-32-17-28-16-29-32)26(35)30-19-4-8-23(9-5-19)36-22-6-2-18(27)3-7-22/h2-11,15-17,21,24H,12-14H2,1H3,(H,30,35)/t21-,24+/m1/s1. The highest BCUT2D eigenvalue weighted by Crippen LogP contribution is 2.29. The molecule has 1 fully saturated rings. The van der Waals surface area contributed by atoms with Gasteiger partial charge < -0.3 is 19.9 Å². The van der Waals surface area contributed by atoms with E-state index in [1.165, 1.54) is 29.5 Å². The van der Waals surface area contributed by atoms with Crippen LogP contribution in [0.15, 0.2) is 78.0 Å². The predicted molar refractivity (Wildman–Crippen MR) is 138 cm³/mol. The summed E-state index contributed by atoms with van der Waals surface area (Å²) in [6, 6.07) is 14.0. The lowest BCUT2D eigenvalue weighted by Crippen LogP contribution is -2.44. The summed E-state index contributed by atoms with van der Waals surface area (Å²) in [7, 11) is 1.98. The van der Waals surface area contributed by atoms with Gasteiger partial charge in [-0.05, 0) is 66.4 Å². The summed E-state index contributed by atoms with van der Waals surface area (Å²) in [4.78, 5) is 34.2. The van der Waals surface area contributed by atoms with Gasteiger partial charge in [0.1, 0.15) is 42.6 Å². The van der Waals surface area contributed by atoms with E-state index in [2.05, 4.69) is 20.3 Å². The van der Waals surface area contributed by atoms with E-state index >= 15 is 0 Å². The SMILES string of the molecule is CN(c1ccsc1)[C@@H]1C[C@@H](C(=O)Nc2ccc(Oc3ccc(F)cc3)cc2)N(C(=O)Cn2cncn2)C1. The van der Waals surface area contributed by atoms with Crippen molar-refractivity contribution in [3.63, 3.8) is 0 Å². The third kappa shape index (κ3) is 5.78. The van der Waals surface area contributed by atoms with Crippen LogP contribution in [0.25, 0.3) is 0 Å². The summed E-state index contributed by atoms with van der Waals surface area (Å²) in [6.07, 6.45) is 3.35. The maximum atomic E-state index is 13.4. The van der Waals surface area contributed by atoms with Crippen molar-refractivity contribution in [2.24, 2.45) is 0 Å². The van der Waals surface area contributed by atoms with Crippen LogP contribution < -0.4 is 15.0 Å². The van der Waals surface area contributed by atoms with Gasteiger partial charge in [0.25, 0.3) is 0 Å². The molecule has 1 N–H and O–H groups in total. The lowest BCUT2D eigenvalue weighted by atomic mass is 10.1. The summed E-state index contributed by atoms with van der Waals surface area (Å²) >= 11 is 1.60. The molecule has 3 heterocycles. The van der Waals surface area contributed by atoms with E-state index in [-0.39, 0.29) is 30.2 Å². The topological polar surface area (TPSA) is 92.6 Å². The molecule has 11 heteroatoms. The van der Waals surface area contributed by atoms with Crippen LogP contribution in [0.3, 0.4) is 0 Å². The minimum atomic E-state index is -0.641. The zero-order chi connectivity index (χ0) is 25.8. The van der Waals surface area contributed by atoms with Crippen molar-refractivity contribution in [2.45, 2.75) is 25.0 Å². The Morgan fingerprint density at radius 2 is 1.86 bits per heavy atom. The smallest absolute Gasteiger partial charge is 0.247 e. The van der Waals surface area contributed by atoms with Gasteiger partial charge in [0.05, 0.1) is 0 Å². The van der Waals surface area contributed by atoms with Gasteiger partial charge >= 0.3 is 0 Å². The summed E-state index contributed by atoms with van der Waals surface area (Å²) < 4.78 is 20.3. The van der Waals surface area contributed by atoms with Gasteiger partial charge in [0.2, 0.25) is 11.8 Å². The van der Waals surface area contributed by atoms with Crippen molar-refractivity contribution in [1.82, 2.24) is 19.7 Å². The fourth-order valence-electron chi connectivity index (χ4n) is 4.30. The normalized spacial score (nSPS) is 17.0. The van der Waals surface area contributed by atoms with Crippen LogP contribution in [0.5, 0.6) is 11.5 Å². The second kappa shape index (κ2) is 10.8. The number of rotatable bonds is 8. The van der Waals surface area contributed by atoms with Crippen LogP contribution in [-0.4, -0.2) is 57.2 Å². The zero-order valence-electron chi connectivity index (χ0n) is 20.0. The molecule has 2 aromatic carbocycles. The van der Waals surface area contributed by atoms with E-state index in [9.17, 15) is 14.0 Å². The van der Waals surface area contributed by atoms with E-state index in [1.807, 2.05) is 23.9 Å². The maximum Gasteiger partial charge on any atom is 0.247 e. The predicted octanol–water partition coefficient (Wildman–Crippen LogP) is 4.02. The number of hydrogen-bond acceptors (Lipinski definition) is 7. The summed E-state index contributed by atoms with van der Waals surface area (Å²) in [6.45, 7) is 0.427. The van der Waals surface area contributed by atoms with Crippen LogP contribution in [0.2, 0.25) is 0 Å². The molecule has 9 nitrogen and oxygen atoms in total. The Bertz CT molecular complexity index is 1330. The number of aromatic nitrogens is 3. The lowest BCUT2D eigenvalue weighted by Gasteiger charge is -2.26. The quantitative estimate of drug-likeness (QED) is 0.377. The Morgan fingerprint density at radius 1 is 1.14 bits per heavy atom. The molecule has 5 rings (SSSR count). The number of likely N-dealkylation sites (N-methyl/N-ethyl adjacent to an activating group) is 1. The number of ether oxygens (including phenoxy) is 1. The zero-order valence-corrected chi connectivity index (χ0v) is 20.8. The first-order chi connectivity index (χ1) is 18.0. The van der Waals surface area contributed by atoms with Crippen molar-refractivity contribution in [3.05, 3.63) is 83.8 Å². The van der Waals surface area contributed by atoms with Gasteiger partial charge in [-0.1, -0.05) is 0 Å². The van der Waals surface area contributed by atoms with Crippen molar-refractivity contribution < 1.29 is 18.7 Å². The molecule has 1 aliphatic rings. The monoisotopic (exact) mass is 520 g/mol. The fourth-order valence-corrected chi connectivity index (χ4v) is 4.98. The molecule has 1 saturated heterocycles. The largest absolute Gasteiger partial charge is 0.457 e. The van der Waals surface area contributed by atoms with Gasteiger partial charge in [0, 0.05) is 36.4 Å². The Balaban J connectivity index is 1.28. The van der Waals surface area contributed by atoms with Crippen LogP contribution in [0, 0.1) is 5.82 Å². The number of hydrogen-bond donors (Lipinski definition) is 1. The molecule has 0 saturated carbocycles. The summed E-state index contributed by atoms with van der Waals surface area (Å²) in [5, 5.41) is 11.0. The summed E-state index contributed by atoms with van der Waals surface area (Å²) in [5.41, 5.74) is 1.63. The first-order valence-electron chi connectivity index (χ1n) is 11.7. The molecule has 190 valence electrons. The van der Waals surface area contributed by atoms with E-state index < -0.39 is 6.04 Å². The summed E-state index contributed by atoms with van der Waals surface area (Å²) in [5.74, 6) is 0.254. The lowest BCUT2D eigenvalue weighted by molar-refractivity contribution is -0.137. The molecule has 1 aliphatic heterocycles. The first-order valence-corrected chi connectivity index (χ1v) is 12.6. The van der Waals surface area contributed by atoms with Gasteiger partial charge in [-0.3, -0.25) is 9.59 Å². The molecular formula is C26H25FN6O3S. The molecule has 2 aromatic heterocycles. The number of likely N-dealkylation sites (tertiary alicyclic amines) is 1. The molecule has 2 atom stereocenters. The van der Waals surface area contributed by atoms with Crippen LogP contribution in [-0.2, 0) is 16.1 Å². The highest BCUT2D eigenvalue weighted by atomic mass is 32.1. The number of carbonyl (C=O) groups is 2. The van der Waals surface area contributed by atoms with Crippen LogP contribution in [0.4, 0.5) is 15.8 Å². The molecule has 0 bridgehead atoms. The third-order valence-corrected chi connectivity index (χ3v) is 6.97. The van der Waals surface area contributed by atoms with E-state index in [0.29, 0.717) is 30.2 Å². The van der Waals surface area contributed by atoms with Gasteiger partial charge in [0.15, 0.2) is 0 Å². The minimum absolute atomic E-state index is 0.00802. The Labute approximate surface area is 217 Å². The Kier molecular flexibility index (Phi) is 7.13. The van der Waals surface area contributed by atoms with Gasteiger partial charge in [-0.25, -0.2) is 14.1 Å². The third-order valence-electron chi connectivity index (χ3n) is 6.30. The molecule has 37 heavy (non-hydrogen) atoms. The maximum absolute atomic E-state index is 13.4. The van der Waals surface area contributed by atoms with Crippen molar-refractivity contribution in [2.75, 3.05) is 23.8 Å². The van der Waals surface area contributed by atoms with E-state index in [0.717, 1.165) is 5.69 Å². The van der Waals surface area contributed by atoms with Crippen LogP contribution >= 0.6 is 11.3 Å². The number of thiophene rings is 1. The van der Waals surface area contributed by atoms with Crippen LogP contribution in [0.1, 0.15) is 6.42 Å². The minimum Gasteiger partial charge on any atom is -0.457 e. The van der Waals surface area contributed by atoms with Gasteiger partial charge in [-0.2, -0.15) is 16.4 Å². The number of anilines is 2. The van der Waals surface area contributed by atoms with Crippen molar-refractivity contribution in [3.8, 4) is 11.5 Å². The second-order valence-electron chi connectivity index (χ2n) is 8.71. The number of halogens is 1. The number of carbonyl (C=O) groups excluding carboxylic acids is 2. The van der Waals surface area contributed by atoms with Crippen molar-refractivity contribution in [1.29, 1.82) is 0 Å². The Morgan fingerprint density at radius 3 is 2.51 bits per heavy atom. The molecule has 2 amide bonds. The average molecular weight is 521 g/mol.